The lowest BCUT2D eigenvalue weighted by Gasteiger charge is -2.19. The molecular weight excluding hydrogens is 350 g/mol. The van der Waals surface area contributed by atoms with Crippen LogP contribution in [0.2, 0.25) is 0 Å². The second kappa shape index (κ2) is 10.5. The van der Waals surface area contributed by atoms with Crippen molar-refractivity contribution in [3.63, 3.8) is 0 Å². The molecule has 0 radical (unpaired) electrons. The van der Waals surface area contributed by atoms with E-state index in [9.17, 15) is 9.59 Å². The van der Waals surface area contributed by atoms with Gasteiger partial charge < -0.3 is 15.4 Å². The van der Waals surface area contributed by atoms with Gasteiger partial charge in [-0.25, -0.2) is 0 Å². The second-order valence-electron chi connectivity index (χ2n) is 5.58. The van der Waals surface area contributed by atoms with Gasteiger partial charge in [0.05, 0.1) is 12.7 Å². The number of pyridine rings is 1. The van der Waals surface area contributed by atoms with Crippen molar-refractivity contribution in [2.24, 2.45) is 0 Å². The molecule has 6 nitrogen and oxygen atoms in total. The summed E-state index contributed by atoms with van der Waals surface area (Å²) in [5.74, 6) is 0.706. The van der Waals surface area contributed by atoms with Crippen LogP contribution < -0.4 is 15.4 Å². The summed E-state index contributed by atoms with van der Waals surface area (Å²) in [7, 11) is 1.51. The topological polar surface area (TPSA) is 80.3 Å². The molecule has 1 heterocycles. The highest BCUT2D eigenvalue weighted by Crippen LogP contribution is 2.17. The van der Waals surface area contributed by atoms with Crippen molar-refractivity contribution in [1.29, 1.82) is 0 Å². The predicted octanol–water partition coefficient (Wildman–Crippen LogP) is 2.26. The molecule has 0 aliphatic heterocycles. The van der Waals surface area contributed by atoms with Gasteiger partial charge in [0.15, 0.2) is 0 Å². The predicted molar refractivity (Wildman–Crippen MR) is 103 cm³/mol. The highest BCUT2D eigenvalue weighted by molar-refractivity contribution is 7.98. The number of para-hydroxylation sites is 1. The van der Waals surface area contributed by atoms with Gasteiger partial charge in [-0.15, -0.1) is 0 Å². The number of nitrogens with zero attached hydrogens (tertiary/aromatic N) is 1. The van der Waals surface area contributed by atoms with Crippen LogP contribution in [0.5, 0.6) is 5.75 Å². The summed E-state index contributed by atoms with van der Waals surface area (Å²) in [5, 5.41) is 5.69. The zero-order valence-electron chi connectivity index (χ0n) is 14.9. The molecule has 2 amide bonds. The molecule has 0 aliphatic carbocycles. The van der Waals surface area contributed by atoms with Crippen LogP contribution in [0.4, 0.5) is 0 Å². The fourth-order valence-electron chi connectivity index (χ4n) is 2.39. The molecule has 0 saturated carbocycles. The minimum absolute atomic E-state index is 0.209. The number of nitrogens with one attached hydrogen (secondary N) is 2. The molecule has 2 aromatic rings. The van der Waals surface area contributed by atoms with E-state index in [1.54, 1.807) is 48.4 Å². The molecule has 138 valence electrons. The van der Waals surface area contributed by atoms with E-state index in [0.717, 1.165) is 11.3 Å². The van der Waals surface area contributed by atoms with E-state index in [1.165, 1.54) is 7.11 Å². The van der Waals surface area contributed by atoms with Crippen molar-refractivity contribution in [2.45, 2.75) is 19.0 Å². The number of hydrogen-bond donors (Lipinski definition) is 2. The van der Waals surface area contributed by atoms with Crippen molar-refractivity contribution < 1.29 is 14.3 Å². The number of thioether (sulfide) groups is 1. The molecule has 0 bridgehead atoms. The molecule has 0 fully saturated rings. The molecule has 2 rings (SSSR count). The van der Waals surface area contributed by atoms with E-state index in [2.05, 4.69) is 15.6 Å². The highest BCUT2D eigenvalue weighted by atomic mass is 32.2. The summed E-state index contributed by atoms with van der Waals surface area (Å²) in [6, 6.07) is 10.0. The number of ether oxygens (including phenoxy) is 1. The lowest BCUT2D eigenvalue weighted by atomic mass is 10.1. The van der Waals surface area contributed by atoms with E-state index in [-0.39, 0.29) is 11.8 Å². The van der Waals surface area contributed by atoms with Gasteiger partial charge in [-0.3, -0.25) is 14.6 Å². The standard InChI is InChI=1S/C19H23N3O3S/c1-25-17-6-4-3-5-15(17)18(23)22-16(9-12-26-2)19(24)21-13-14-7-10-20-11-8-14/h3-8,10-11,16H,9,12-13H2,1-2H3,(H,21,24)(H,22,23)/t16-/m0/s1. The number of carbonyl (C=O) groups is 2. The fraction of sp³-hybridized carbons (Fsp3) is 0.316. The monoisotopic (exact) mass is 373 g/mol. The maximum absolute atomic E-state index is 12.6. The number of rotatable bonds is 9. The van der Waals surface area contributed by atoms with Crippen molar-refractivity contribution in [3.05, 3.63) is 59.9 Å². The number of benzene rings is 1. The average molecular weight is 373 g/mol. The van der Waals surface area contributed by atoms with Crippen LogP contribution in [0.15, 0.2) is 48.8 Å². The van der Waals surface area contributed by atoms with E-state index in [1.807, 2.05) is 18.4 Å². The number of hydrogen-bond acceptors (Lipinski definition) is 5. The SMILES string of the molecule is COc1ccccc1C(=O)N[C@@H](CCSC)C(=O)NCc1ccncc1. The Balaban J connectivity index is 2.03. The maximum Gasteiger partial charge on any atom is 0.255 e. The third-order valence-corrected chi connectivity index (χ3v) is 4.44. The minimum Gasteiger partial charge on any atom is -0.496 e. The average Bonchev–Trinajstić information content (AvgIpc) is 2.69. The molecule has 1 atom stereocenters. The zero-order chi connectivity index (χ0) is 18.8. The number of amides is 2. The largest absolute Gasteiger partial charge is 0.496 e. The van der Waals surface area contributed by atoms with Crippen molar-refractivity contribution in [2.75, 3.05) is 19.1 Å². The summed E-state index contributed by atoms with van der Waals surface area (Å²) in [6.07, 6.45) is 5.87. The van der Waals surface area contributed by atoms with E-state index >= 15 is 0 Å². The first-order chi connectivity index (χ1) is 12.7. The van der Waals surface area contributed by atoms with Gasteiger partial charge in [-0.05, 0) is 48.3 Å². The first-order valence-electron chi connectivity index (χ1n) is 8.25. The van der Waals surface area contributed by atoms with Crippen LogP contribution in [0, 0.1) is 0 Å². The van der Waals surface area contributed by atoms with Gasteiger partial charge >= 0.3 is 0 Å². The molecular formula is C19H23N3O3S. The normalized spacial score (nSPS) is 11.5. The molecule has 1 aromatic heterocycles. The Morgan fingerprint density at radius 2 is 1.92 bits per heavy atom. The van der Waals surface area contributed by atoms with E-state index < -0.39 is 6.04 Å². The highest BCUT2D eigenvalue weighted by Gasteiger charge is 2.22. The number of aromatic nitrogens is 1. The van der Waals surface area contributed by atoms with Gasteiger partial charge in [-0.1, -0.05) is 12.1 Å². The second-order valence-corrected chi connectivity index (χ2v) is 6.57. The van der Waals surface area contributed by atoms with Gasteiger partial charge in [0, 0.05) is 18.9 Å². The van der Waals surface area contributed by atoms with Gasteiger partial charge in [0.2, 0.25) is 5.91 Å². The lowest BCUT2D eigenvalue weighted by molar-refractivity contribution is -0.123. The first kappa shape index (κ1) is 19.8. The Bertz CT molecular complexity index is 725. The molecule has 2 N–H and O–H groups in total. The maximum atomic E-state index is 12.6. The Hall–Kier alpha value is -2.54. The fourth-order valence-corrected chi connectivity index (χ4v) is 2.86. The van der Waals surface area contributed by atoms with Crippen LogP contribution in [-0.4, -0.2) is 42.0 Å². The van der Waals surface area contributed by atoms with Crippen molar-refractivity contribution in [3.8, 4) is 5.75 Å². The van der Waals surface area contributed by atoms with E-state index in [4.69, 9.17) is 4.74 Å². The Morgan fingerprint density at radius 3 is 2.62 bits per heavy atom. The Morgan fingerprint density at radius 1 is 1.19 bits per heavy atom. The van der Waals surface area contributed by atoms with Gasteiger partial charge in [0.1, 0.15) is 11.8 Å². The van der Waals surface area contributed by atoms with Crippen LogP contribution in [0.1, 0.15) is 22.3 Å². The van der Waals surface area contributed by atoms with E-state index in [0.29, 0.717) is 24.3 Å². The molecule has 0 saturated heterocycles. The van der Waals surface area contributed by atoms with Gasteiger partial charge in [0.25, 0.3) is 5.91 Å². The number of methoxy groups -OCH3 is 1. The van der Waals surface area contributed by atoms with Crippen LogP contribution in [0.3, 0.4) is 0 Å². The third kappa shape index (κ3) is 5.77. The van der Waals surface area contributed by atoms with Crippen LogP contribution in [-0.2, 0) is 11.3 Å². The molecule has 26 heavy (non-hydrogen) atoms. The van der Waals surface area contributed by atoms with Crippen molar-refractivity contribution >= 4 is 23.6 Å². The van der Waals surface area contributed by atoms with Crippen LogP contribution >= 0.6 is 11.8 Å². The Labute approximate surface area is 157 Å². The summed E-state index contributed by atoms with van der Waals surface area (Å²) in [4.78, 5) is 29.1. The minimum atomic E-state index is -0.610. The number of carbonyl (C=O) groups excluding carboxylic acids is 2. The summed E-state index contributed by atoms with van der Waals surface area (Å²) in [5.41, 5.74) is 1.36. The quantitative estimate of drug-likeness (QED) is 0.705. The smallest absolute Gasteiger partial charge is 0.255 e. The summed E-state index contributed by atoms with van der Waals surface area (Å²) >= 11 is 1.63. The Kier molecular flexibility index (Phi) is 7.95. The molecule has 7 heteroatoms. The molecule has 0 unspecified atom stereocenters. The first-order valence-corrected chi connectivity index (χ1v) is 9.64. The summed E-state index contributed by atoms with van der Waals surface area (Å²) < 4.78 is 5.22. The van der Waals surface area contributed by atoms with Gasteiger partial charge in [-0.2, -0.15) is 11.8 Å². The molecule has 0 spiro atoms. The molecule has 1 aromatic carbocycles. The molecule has 0 aliphatic rings. The van der Waals surface area contributed by atoms with Crippen LogP contribution in [0.25, 0.3) is 0 Å². The third-order valence-electron chi connectivity index (χ3n) is 3.80. The zero-order valence-corrected chi connectivity index (χ0v) is 15.7. The summed E-state index contributed by atoms with van der Waals surface area (Å²) in [6.45, 7) is 0.391. The van der Waals surface area contributed by atoms with Crippen molar-refractivity contribution in [1.82, 2.24) is 15.6 Å². The lowest BCUT2D eigenvalue weighted by Crippen LogP contribution is -2.47.